The summed E-state index contributed by atoms with van der Waals surface area (Å²) in [6.45, 7) is 5.06. The van der Waals surface area contributed by atoms with E-state index in [1.165, 1.54) is 4.90 Å². The predicted molar refractivity (Wildman–Crippen MR) is 141 cm³/mol. The van der Waals surface area contributed by atoms with E-state index in [0.29, 0.717) is 29.7 Å². The number of nitrogen functional groups attached to an aromatic ring is 1. The number of likely N-dealkylation sites (N-methyl/N-ethyl adjacent to an activating group) is 1. The van der Waals surface area contributed by atoms with Crippen LogP contribution in [0.25, 0.3) is 11.1 Å². The van der Waals surface area contributed by atoms with Crippen LogP contribution in [-0.2, 0) is 13.0 Å². The highest BCUT2D eigenvalue weighted by Crippen LogP contribution is 2.32. The van der Waals surface area contributed by atoms with E-state index in [1.54, 1.807) is 38.4 Å². The minimum Gasteiger partial charge on any atom is -0.368 e. The molecule has 0 radical (unpaired) electrons. The maximum absolute atomic E-state index is 15.2. The van der Waals surface area contributed by atoms with Gasteiger partial charge in [0.1, 0.15) is 17.5 Å². The van der Waals surface area contributed by atoms with E-state index in [2.05, 4.69) is 31.7 Å². The molecule has 0 unspecified atom stereocenters. The molecule has 0 bridgehead atoms. The maximum atomic E-state index is 15.2. The molecule has 1 amide bonds. The zero-order chi connectivity index (χ0) is 25.4. The molecule has 0 spiro atoms. The summed E-state index contributed by atoms with van der Waals surface area (Å²) in [6.07, 6.45) is 0.708. The molecular weight excluding hydrogens is 457 g/mol. The molecule has 5 rings (SSSR count). The van der Waals surface area contributed by atoms with Crippen molar-refractivity contribution >= 4 is 23.5 Å². The summed E-state index contributed by atoms with van der Waals surface area (Å²) in [7, 11) is 5.53. The number of fused-ring (bicyclic) bond motifs is 1. The van der Waals surface area contributed by atoms with Gasteiger partial charge >= 0.3 is 0 Å². The normalized spacial score (nSPS) is 16.1. The number of nitrogens with zero attached hydrogens (tertiary/aromatic N) is 6. The standard InChI is InChI=1S/C27H32FN7O/c1-32(2)26(36)20-6-4-5-19(13-20)22-14-21-17-35(8-7-18(21)15-23(22)28)25-16-24(30-27(29)31-25)34-11-9-33(3)10-12-34/h4-6,13-16H,7-12,17H2,1-3H3,(H2,29,30,31). The van der Waals surface area contributed by atoms with Gasteiger partial charge < -0.3 is 25.3 Å². The molecule has 188 valence electrons. The third kappa shape index (κ3) is 4.83. The van der Waals surface area contributed by atoms with Gasteiger partial charge in [-0.05, 0) is 54.4 Å². The summed E-state index contributed by atoms with van der Waals surface area (Å²) in [5.41, 5.74) is 9.85. The highest BCUT2D eigenvalue weighted by Gasteiger charge is 2.23. The fourth-order valence-corrected chi connectivity index (χ4v) is 4.87. The lowest BCUT2D eigenvalue weighted by molar-refractivity contribution is 0.0827. The van der Waals surface area contributed by atoms with Gasteiger partial charge in [0.2, 0.25) is 5.95 Å². The second-order valence-electron chi connectivity index (χ2n) is 9.79. The topological polar surface area (TPSA) is 81.8 Å². The number of benzene rings is 2. The fraction of sp³-hybridized carbons (Fsp3) is 0.370. The van der Waals surface area contributed by atoms with Gasteiger partial charge in [0.25, 0.3) is 5.91 Å². The van der Waals surface area contributed by atoms with Crippen molar-refractivity contribution in [1.29, 1.82) is 0 Å². The Balaban J connectivity index is 1.43. The zero-order valence-electron chi connectivity index (χ0n) is 21.0. The molecule has 36 heavy (non-hydrogen) atoms. The van der Waals surface area contributed by atoms with Crippen LogP contribution < -0.4 is 15.5 Å². The second-order valence-corrected chi connectivity index (χ2v) is 9.79. The lowest BCUT2D eigenvalue weighted by Crippen LogP contribution is -2.45. The Morgan fingerprint density at radius 3 is 2.39 bits per heavy atom. The zero-order valence-corrected chi connectivity index (χ0v) is 21.0. The highest BCUT2D eigenvalue weighted by molar-refractivity contribution is 5.95. The van der Waals surface area contributed by atoms with Crippen molar-refractivity contribution in [3.05, 3.63) is 65.0 Å². The van der Waals surface area contributed by atoms with Crippen molar-refractivity contribution in [3.63, 3.8) is 0 Å². The summed E-state index contributed by atoms with van der Waals surface area (Å²) >= 11 is 0. The summed E-state index contributed by atoms with van der Waals surface area (Å²) in [4.78, 5) is 29.7. The minimum absolute atomic E-state index is 0.112. The number of rotatable bonds is 4. The Labute approximate surface area is 211 Å². The molecule has 3 aromatic rings. The number of carbonyl (C=O) groups excluding carboxylic acids is 1. The molecule has 9 heteroatoms. The molecular formula is C27H32FN7O. The number of aromatic nitrogens is 2. The van der Waals surface area contributed by atoms with Crippen molar-refractivity contribution in [2.24, 2.45) is 0 Å². The van der Waals surface area contributed by atoms with E-state index in [0.717, 1.165) is 55.5 Å². The third-order valence-electron chi connectivity index (χ3n) is 7.00. The lowest BCUT2D eigenvalue weighted by Gasteiger charge is -2.34. The quantitative estimate of drug-likeness (QED) is 0.604. The number of hydrogen-bond donors (Lipinski definition) is 1. The summed E-state index contributed by atoms with van der Waals surface area (Å²) < 4.78 is 15.2. The second kappa shape index (κ2) is 9.73. The van der Waals surface area contributed by atoms with Gasteiger partial charge in [-0.15, -0.1) is 0 Å². The van der Waals surface area contributed by atoms with Crippen molar-refractivity contribution < 1.29 is 9.18 Å². The Morgan fingerprint density at radius 1 is 0.944 bits per heavy atom. The maximum Gasteiger partial charge on any atom is 0.253 e. The van der Waals surface area contributed by atoms with Crippen molar-refractivity contribution in [3.8, 4) is 11.1 Å². The first-order valence-corrected chi connectivity index (χ1v) is 12.2. The molecule has 2 aliphatic heterocycles. The molecule has 0 saturated carbocycles. The van der Waals surface area contributed by atoms with Crippen LogP contribution >= 0.6 is 0 Å². The molecule has 1 aromatic heterocycles. The van der Waals surface area contributed by atoms with Crippen LogP contribution in [-0.4, -0.2) is 79.5 Å². The van der Waals surface area contributed by atoms with E-state index in [9.17, 15) is 4.79 Å². The summed E-state index contributed by atoms with van der Waals surface area (Å²) in [6, 6.07) is 12.7. The average Bonchev–Trinajstić information content (AvgIpc) is 2.87. The number of anilines is 3. The van der Waals surface area contributed by atoms with E-state index in [-0.39, 0.29) is 17.7 Å². The lowest BCUT2D eigenvalue weighted by atomic mass is 9.93. The number of piperazine rings is 1. The average molecular weight is 490 g/mol. The van der Waals surface area contributed by atoms with Gasteiger partial charge in [0.15, 0.2) is 0 Å². The largest absolute Gasteiger partial charge is 0.368 e. The van der Waals surface area contributed by atoms with E-state index in [4.69, 9.17) is 5.73 Å². The molecule has 1 fully saturated rings. The Kier molecular flexibility index (Phi) is 6.49. The third-order valence-corrected chi connectivity index (χ3v) is 7.00. The number of nitrogens with two attached hydrogens (primary N) is 1. The highest BCUT2D eigenvalue weighted by atomic mass is 19.1. The van der Waals surface area contributed by atoms with Crippen LogP contribution in [0.2, 0.25) is 0 Å². The molecule has 2 N–H and O–H groups in total. The van der Waals surface area contributed by atoms with Crippen LogP contribution in [0.15, 0.2) is 42.5 Å². The summed E-state index contributed by atoms with van der Waals surface area (Å²) in [5.74, 6) is 1.50. The van der Waals surface area contributed by atoms with Gasteiger partial charge in [-0.1, -0.05) is 12.1 Å². The Bertz CT molecular complexity index is 1290. The molecule has 0 atom stereocenters. The van der Waals surface area contributed by atoms with Crippen LogP contribution in [0.3, 0.4) is 0 Å². The molecule has 0 aliphatic carbocycles. The van der Waals surface area contributed by atoms with Gasteiger partial charge in [-0.25, -0.2) is 4.39 Å². The first-order chi connectivity index (χ1) is 17.3. The molecule has 8 nitrogen and oxygen atoms in total. The molecule has 1 saturated heterocycles. The first-order valence-electron chi connectivity index (χ1n) is 12.2. The number of hydrogen-bond acceptors (Lipinski definition) is 7. The van der Waals surface area contributed by atoms with Gasteiger partial charge in [-0.3, -0.25) is 4.79 Å². The van der Waals surface area contributed by atoms with Gasteiger partial charge in [0.05, 0.1) is 0 Å². The van der Waals surface area contributed by atoms with E-state index < -0.39 is 0 Å². The monoisotopic (exact) mass is 489 g/mol. The fourth-order valence-electron chi connectivity index (χ4n) is 4.87. The first kappa shape index (κ1) is 24.0. The van der Waals surface area contributed by atoms with Crippen LogP contribution in [0.5, 0.6) is 0 Å². The summed E-state index contributed by atoms with van der Waals surface area (Å²) in [5, 5.41) is 0. The number of amides is 1. The SMILES string of the molecule is CN1CCN(c2cc(N3CCc4cc(F)c(-c5cccc(C(=O)N(C)C)c5)cc4C3)nc(N)n2)CC1. The minimum atomic E-state index is -0.278. The van der Waals surface area contributed by atoms with Crippen LogP contribution in [0, 0.1) is 5.82 Å². The van der Waals surface area contributed by atoms with Crippen molar-refractivity contribution in [2.75, 3.05) is 69.4 Å². The van der Waals surface area contributed by atoms with Crippen LogP contribution in [0.1, 0.15) is 21.5 Å². The molecule has 3 heterocycles. The van der Waals surface area contributed by atoms with Crippen LogP contribution in [0.4, 0.5) is 22.0 Å². The molecule has 2 aliphatic rings. The van der Waals surface area contributed by atoms with E-state index >= 15 is 4.39 Å². The Morgan fingerprint density at radius 2 is 1.67 bits per heavy atom. The smallest absolute Gasteiger partial charge is 0.253 e. The van der Waals surface area contributed by atoms with Gasteiger partial charge in [0, 0.05) is 70.6 Å². The van der Waals surface area contributed by atoms with Gasteiger partial charge in [-0.2, -0.15) is 9.97 Å². The van der Waals surface area contributed by atoms with Crippen molar-refractivity contribution in [1.82, 2.24) is 19.8 Å². The number of halogens is 1. The Hall–Kier alpha value is -3.72. The van der Waals surface area contributed by atoms with E-state index in [1.807, 2.05) is 18.2 Å². The van der Waals surface area contributed by atoms with Crippen molar-refractivity contribution in [2.45, 2.75) is 13.0 Å². The number of carbonyl (C=O) groups is 1. The predicted octanol–water partition coefficient (Wildman–Crippen LogP) is 2.88. The molecule has 2 aromatic carbocycles.